The summed E-state index contributed by atoms with van der Waals surface area (Å²) in [6.45, 7) is 5.45. The number of fused-ring (bicyclic) bond motifs is 1. The van der Waals surface area contributed by atoms with Gasteiger partial charge in [-0.1, -0.05) is 12.1 Å². The molecule has 0 saturated heterocycles. The minimum atomic E-state index is -4.56. The monoisotopic (exact) mass is 392 g/mol. The van der Waals surface area contributed by atoms with Crippen molar-refractivity contribution in [3.8, 4) is 5.75 Å². The topological polar surface area (TPSA) is 64.4 Å². The van der Waals surface area contributed by atoms with Gasteiger partial charge in [-0.3, -0.25) is 4.79 Å². The second kappa shape index (κ2) is 7.53. The molecule has 0 spiro atoms. The van der Waals surface area contributed by atoms with Crippen molar-refractivity contribution in [3.05, 3.63) is 59.1 Å². The second-order valence-electron chi connectivity index (χ2n) is 6.28. The van der Waals surface area contributed by atoms with Crippen LogP contribution in [0.3, 0.4) is 0 Å². The van der Waals surface area contributed by atoms with Gasteiger partial charge in [0.1, 0.15) is 11.5 Å². The first-order valence-electron chi connectivity index (χ1n) is 8.71. The predicted octanol–water partition coefficient (Wildman–Crippen LogP) is 5.04. The first-order chi connectivity index (χ1) is 13.2. The quantitative estimate of drug-likeness (QED) is 0.660. The van der Waals surface area contributed by atoms with Crippen LogP contribution in [0.4, 0.5) is 13.2 Å². The predicted molar refractivity (Wildman–Crippen MR) is 97.2 cm³/mol. The minimum absolute atomic E-state index is 0.00256. The number of hydrogen-bond acceptors (Lipinski definition) is 4. The highest BCUT2D eigenvalue weighted by atomic mass is 19.4. The fourth-order valence-corrected chi connectivity index (χ4v) is 2.84. The summed E-state index contributed by atoms with van der Waals surface area (Å²) in [5.41, 5.74) is -0.378. The molecule has 1 N–H and O–H groups in total. The molecule has 2 aromatic heterocycles. The lowest BCUT2D eigenvalue weighted by Gasteiger charge is -2.14. The number of hydrogen-bond donors (Lipinski definition) is 1. The van der Waals surface area contributed by atoms with Crippen molar-refractivity contribution in [2.75, 3.05) is 6.61 Å². The Morgan fingerprint density at radius 1 is 1.29 bits per heavy atom. The van der Waals surface area contributed by atoms with E-state index in [4.69, 9.17) is 9.15 Å². The van der Waals surface area contributed by atoms with Gasteiger partial charge in [-0.25, -0.2) is 4.98 Å². The van der Waals surface area contributed by atoms with E-state index < -0.39 is 23.8 Å². The summed E-state index contributed by atoms with van der Waals surface area (Å²) in [5, 5.41) is 3.56. The van der Waals surface area contributed by atoms with Crippen LogP contribution in [0.15, 0.2) is 40.8 Å². The van der Waals surface area contributed by atoms with Crippen LogP contribution in [0.5, 0.6) is 5.75 Å². The number of amides is 1. The summed E-state index contributed by atoms with van der Waals surface area (Å²) in [4.78, 5) is 16.0. The highest BCUT2D eigenvalue weighted by molar-refractivity contribution is 5.95. The van der Waals surface area contributed by atoms with Gasteiger partial charge < -0.3 is 14.5 Å². The molecule has 0 aliphatic heterocycles. The lowest BCUT2D eigenvalue weighted by molar-refractivity contribution is -0.141. The number of para-hydroxylation sites is 1. The van der Waals surface area contributed by atoms with Crippen LogP contribution in [0.2, 0.25) is 0 Å². The van der Waals surface area contributed by atoms with E-state index in [9.17, 15) is 18.0 Å². The number of aromatic nitrogens is 1. The number of ether oxygens (including phenoxy) is 1. The number of carbonyl (C=O) groups excluding carboxylic acids is 1. The Labute approximate surface area is 159 Å². The van der Waals surface area contributed by atoms with Crippen molar-refractivity contribution >= 4 is 16.9 Å². The standard InChI is InChI=1S/C20H19F3N2O3/c1-4-27-15-7-5-6-13-10-16(28-18(13)15)12(3)25-19(26)14-8-9-17(20(21,22)23)24-11(14)2/h5-10,12H,4H2,1-3H3,(H,25,26). The average molecular weight is 392 g/mol. The van der Waals surface area contributed by atoms with Gasteiger partial charge in [0, 0.05) is 5.39 Å². The number of rotatable bonds is 5. The van der Waals surface area contributed by atoms with Crippen LogP contribution < -0.4 is 10.1 Å². The summed E-state index contributed by atoms with van der Waals surface area (Å²) in [6.07, 6.45) is -4.56. The molecule has 2 heterocycles. The number of nitrogens with zero attached hydrogens (tertiary/aromatic N) is 1. The maximum absolute atomic E-state index is 12.7. The Balaban J connectivity index is 1.81. The number of furan rings is 1. The molecule has 8 heteroatoms. The third kappa shape index (κ3) is 3.95. The normalized spacial score (nSPS) is 12.8. The second-order valence-corrected chi connectivity index (χ2v) is 6.28. The lowest BCUT2D eigenvalue weighted by atomic mass is 10.1. The van der Waals surface area contributed by atoms with Gasteiger partial charge in [0.2, 0.25) is 0 Å². The van der Waals surface area contributed by atoms with Crippen LogP contribution in [-0.4, -0.2) is 17.5 Å². The molecule has 0 aliphatic rings. The molecule has 1 unspecified atom stereocenters. The molecular weight excluding hydrogens is 373 g/mol. The van der Waals surface area contributed by atoms with Crippen LogP contribution in [0.25, 0.3) is 11.0 Å². The van der Waals surface area contributed by atoms with Crippen LogP contribution in [-0.2, 0) is 6.18 Å². The Hall–Kier alpha value is -3.03. The summed E-state index contributed by atoms with van der Waals surface area (Å²) in [7, 11) is 0. The molecule has 1 aromatic carbocycles. The van der Waals surface area contributed by atoms with Crippen molar-refractivity contribution in [2.45, 2.75) is 33.0 Å². The first-order valence-corrected chi connectivity index (χ1v) is 8.71. The van der Waals surface area contributed by atoms with E-state index in [2.05, 4.69) is 10.3 Å². The summed E-state index contributed by atoms with van der Waals surface area (Å²) < 4.78 is 49.6. The Bertz CT molecular complexity index is 1010. The van der Waals surface area contributed by atoms with Crippen LogP contribution in [0, 0.1) is 6.92 Å². The van der Waals surface area contributed by atoms with Gasteiger partial charge in [-0.05, 0) is 45.0 Å². The number of carbonyl (C=O) groups is 1. The first kappa shape index (κ1) is 19.7. The van der Waals surface area contributed by atoms with Crippen molar-refractivity contribution < 1.29 is 27.1 Å². The maximum atomic E-state index is 12.7. The van der Waals surface area contributed by atoms with E-state index >= 15 is 0 Å². The molecule has 1 atom stereocenters. The van der Waals surface area contributed by atoms with E-state index in [0.717, 1.165) is 17.5 Å². The van der Waals surface area contributed by atoms with Gasteiger partial charge in [-0.15, -0.1) is 0 Å². The molecule has 0 saturated carbocycles. The Morgan fingerprint density at radius 3 is 2.68 bits per heavy atom. The molecular formula is C20H19F3N2O3. The fourth-order valence-electron chi connectivity index (χ4n) is 2.84. The van der Waals surface area contributed by atoms with Crippen molar-refractivity contribution in [1.82, 2.24) is 10.3 Å². The molecule has 5 nitrogen and oxygen atoms in total. The molecule has 3 rings (SSSR count). The van der Waals surface area contributed by atoms with E-state index in [-0.39, 0.29) is 11.3 Å². The molecule has 28 heavy (non-hydrogen) atoms. The van der Waals surface area contributed by atoms with E-state index in [1.54, 1.807) is 19.1 Å². The third-order valence-electron chi connectivity index (χ3n) is 4.22. The minimum Gasteiger partial charge on any atom is -0.490 e. The number of pyridine rings is 1. The number of alkyl halides is 3. The molecule has 0 radical (unpaired) electrons. The molecule has 0 aliphatic carbocycles. The molecule has 148 valence electrons. The zero-order chi connectivity index (χ0) is 20.5. The summed E-state index contributed by atoms with van der Waals surface area (Å²) in [5.74, 6) is 0.581. The highest BCUT2D eigenvalue weighted by Gasteiger charge is 2.33. The Morgan fingerprint density at radius 2 is 2.04 bits per heavy atom. The van der Waals surface area contributed by atoms with E-state index in [1.165, 1.54) is 6.92 Å². The van der Waals surface area contributed by atoms with E-state index in [1.807, 2.05) is 19.1 Å². The van der Waals surface area contributed by atoms with Gasteiger partial charge >= 0.3 is 6.18 Å². The van der Waals surface area contributed by atoms with Gasteiger partial charge in [0.05, 0.1) is 23.9 Å². The summed E-state index contributed by atoms with van der Waals surface area (Å²) in [6, 6.07) is 8.70. The van der Waals surface area contributed by atoms with Crippen molar-refractivity contribution in [2.24, 2.45) is 0 Å². The lowest BCUT2D eigenvalue weighted by Crippen LogP contribution is -2.27. The molecule has 3 aromatic rings. The van der Waals surface area contributed by atoms with Gasteiger partial charge in [0.15, 0.2) is 11.3 Å². The SMILES string of the molecule is CCOc1cccc2cc(C(C)NC(=O)c3ccc(C(F)(F)F)nc3C)oc12. The number of aryl methyl sites for hydroxylation is 1. The fraction of sp³-hybridized carbons (Fsp3) is 0.300. The Kier molecular flexibility index (Phi) is 5.31. The summed E-state index contributed by atoms with van der Waals surface area (Å²) >= 11 is 0. The van der Waals surface area contributed by atoms with Crippen molar-refractivity contribution in [1.29, 1.82) is 0 Å². The van der Waals surface area contributed by atoms with E-state index in [0.29, 0.717) is 23.7 Å². The van der Waals surface area contributed by atoms with Crippen molar-refractivity contribution in [3.63, 3.8) is 0 Å². The number of benzene rings is 1. The third-order valence-corrected chi connectivity index (χ3v) is 4.22. The van der Waals surface area contributed by atoms with Crippen LogP contribution in [0.1, 0.15) is 47.4 Å². The number of nitrogens with one attached hydrogen (secondary N) is 1. The maximum Gasteiger partial charge on any atom is 0.433 e. The van der Waals surface area contributed by atoms with Gasteiger partial charge in [0.25, 0.3) is 5.91 Å². The zero-order valence-electron chi connectivity index (χ0n) is 15.6. The zero-order valence-corrected chi connectivity index (χ0v) is 15.6. The van der Waals surface area contributed by atoms with Gasteiger partial charge in [-0.2, -0.15) is 13.2 Å². The molecule has 0 fully saturated rings. The highest BCUT2D eigenvalue weighted by Crippen LogP contribution is 2.31. The largest absolute Gasteiger partial charge is 0.490 e. The smallest absolute Gasteiger partial charge is 0.433 e. The van der Waals surface area contributed by atoms with Crippen LogP contribution >= 0.6 is 0 Å². The molecule has 1 amide bonds. The number of halogens is 3. The molecule has 0 bridgehead atoms. The average Bonchev–Trinajstić information content (AvgIpc) is 3.06.